The molecule has 0 atom stereocenters. The van der Waals surface area contributed by atoms with E-state index in [9.17, 15) is 4.79 Å². The monoisotopic (exact) mass is 153 g/mol. The van der Waals surface area contributed by atoms with Gasteiger partial charge in [0.05, 0.1) is 0 Å². The number of hydrogen-bond acceptors (Lipinski definition) is 4. The average Bonchev–Trinajstić information content (AvgIpc) is 1.97. The molecule has 0 aromatic heterocycles. The number of oxime groups is 1. The summed E-state index contributed by atoms with van der Waals surface area (Å²) in [6.45, 7) is 3.47. The largest absolute Gasteiger partial charge is 0.390 e. The van der Waals surface area contributed by atoms with E-state index in [1.165, 1.54) is 12.1 Å². The molecule has 0 saturated heterocycles. The van der Waals surface area contributed by atoms with Gasteiger partial charge in [-0.05, 0) is 0 Å². The molecule has 2 N–H and O–H groups in total. The quantitative estimate of drug-likeness (QED) is 0.257. The molecule has 0 aromatic rings. The second-order valence-corrected chi connectivity index (χ2v) is 1.50. The normalized spacial score (nSPS) is 9.91. The van der Waals surface area contributed by atoms with E-state index in [0.717, 1.165) is 0 Å². The molecule has 0 bridgehead atoms. The van der Waals surface area contributed by atoms with Crippen LogP contribution in [0.15, 0.2) is 17.8 Å². The lowest BCUT2D eigenvalue weighted by Gasteiger charge is -1.91. The molecule has 0 saturated carbocycles. The van der Waals surface area contributed by atoms with Gasteiger partial charge < -0.3 is 10.6 Å². The third kappa shape index (κ3) is 3.70. The number of carbonyl (C=O) groups excluding carboxylic acids is 1. The van der Waals surface area contributed by atoms with Gasteiger partial charge in [-0.1, -0.05) is 17.8 Å². The molecular weight excluding hydrogens is 146 g/mol. The highest BCUT2D eigenvalue weighted by Crippen LogP contribution is 1.80. The Hall–Kier alpha value is -1.83. The highest BCUT2D eigenvalue weighted by molar-refractivity contribution is 6.44. The van der Waals surface area contributed by atoms with Crippen LogP contribution in [0.5, 0.6) is 0 Å². The number of nitrogens with zero attached hydrogens (tertiary/aromatic N) is 2. The Balaban J connectivity index is 4.04. The lowest BCUT2D eigenvalue weighted by molar-refractivity contribution is -0.112. The smallest absolute Gasteiger partial charge is 0.281 e. The van der Waals surface area contributed by atoms with Gasteiger partial charge in [0.1, 0.15) is 12.7 Å². The van der Waals surface area contributed by atoms with Gasteiger partial charge in [0.15, 0.2) is 0 Å². The van der Waals surface area contributed by atoms with Crippen LogP contribution in [0.3, 0.4) is 0 Å². The molecule has 11 heavy (non-hydrogen) atoms. The predicted molar refractivity (Wildman–Crippen MR) is 38.4 cm³/mol. The zero-order valence-electron chi connectivity index (χ0n) is 5.78. The predicted octanol–water partition coefficient (Wildman–Crippen LogP) is -0.446. The average molecular weight is 153 g/mol. The van der Waals surface area contributed by atoms with Crippen LogP contribution < -0.4 is 5.73 Å². The molecule has 0 aliphatic heterocycles. The van der Waals surface area contributed by atoms with Crippen molar-refractivity contribution in [3.63, 3.8) is 0 Å². The van der Waals surface area contributed by atoms with Crippen LogP contribution in [0.2, 0.25) is 0 Å². The number of rotatable bonds is 4. The molecule has 5 heteroatoms. The lowest BCUT2D eigenvalue weighted by Crippen LogP contribution is -2.21. The Bertz CT molecular complexity index is 226. The van der Waals surface area contributed by atoms with Crippen LogP contribution in [0, 0.1) is 11.3 Å². The SMILES string of the molecule is C=CCO/N=C(\C#N)C(N)=O. The van der Waals surface area contributed by atoms with E-state index in [0.29, 0.717) is 0 Å². The summed E-state index contributed by atoms with van der Waals surface area (Å²) in [6.07, 6.45) is 1.43. The Morgan fingerprint density at radius 1 is 1.91 bits per heavy atom. The van der Waals surface area contributed by atoms with E-state index in [4.69, 9.17) is 11.0 Å². The molecule has 0 fully saturated rings. The fourth-order valence-corrected chi connectivity index (χ4v) is 0.275. The fraction of sp³-hybridized carbons (Fsp3) is 0.167. The van der Waals surface area contributed by atoms with E-state index in [-0.39, 0.29) is 6.61 Å². The minimum absolute atomic E-state index is 0.137. The number of nitrogens with two attached hydrogens (primary N) is 1. The van der Waals surface area contributed by atoms with Crippen LogP contribution in [-0.4, -0.2) is 18.2 Å². The maximum absolute atomic E-state index is 10.3. The van der Waals surface area contributed by atoms with Crippen molar-refractivity contribution >= 4 is 11.6 Å². The molecule has 5 nitrogen and oxygen atoms in total. The number of primary amides is 1. The Morgan fingerprint density at radius 3 is 2.91 bits per heavy atom. The van der Waals surface area contributed by atoms with Gasteiger partial charge in [0.25, 0.3) is 5.91 Å². The van der Waals surface area contributed by atoms with Gasteiger partial charge in [0.2, 0.25) is 5.71 Å². The number of hydrogen-bond donors (Lipinski definition) is 1. The third-order valence-electron chi connectivity index (χ3n) is 0.688. The number of amides is 1. The summed E-state index contributed by atoms with van der Waals surface area (Å²) in [5.74, 6) is -0.906. The second kappa shape index (κ2) is 4.99. The van der Waals surface area contributed by atoms with E-state index < -0.39 is 11.6 Å². The molecule has 0 rings (SSSR count). The molecule has 0 aliphatic rings. The Morgan fingerprint density at radius 2 is 2.55 bits per heavy atom. The van der Waals surface area contributed by atoms with E-state index in [1.54, 1.807) is 0 Å². The Kier molecular flexibility index (Phi) is 4.16. The summed E-state index contributed by atoms with van der Waals surface area (Å²) >= 11 is 0. The van der Waals surface area contributed by atoms with Gasteiger partial charge in [-0.25, -0.2) is 0 Å². The van der Waals surface area contributed by atoms with Crippen molar-refractivity contribution in [2.24, 2.45) is 10.9 Å². The standard InChI is InChI=1S/C6H7N3O2/c1-2-3-11-9-5(4-7)6(8)10/h2H,1,3H2,(H2,8,10)/b9-5+. The molecular formula is C6H7N3O2. The van der Waals surface area contributed by atoms with Crippen molar-refractivity contribution in [1.82, 2.24) is 0 Å². The van der Waals surface area contributed by atoms with Crippen LogP contribution in [0.1, 0.15) is 0 Å². The van der Waals surface area contributed by atoms with Crippen molar-refractivity contribution in [1.29, 1.82) is 5.26 Å². The zero-order chi connectivity index (χ0) is 8.69. The summed E-state index contributed by atoms with van der Waals surface area (Å²) < 4.78 is 0. The van der Waals surface area contributed by atoms with Crippen LogP contribution in [0.25, 0.3) is 0 Å². The highest BCUT2D eigenvalue weighted by atomic mass is 16.6. The lowest BCUT2D eigenvalue weighted by atomic mass is 10.4. The first kappa shape index (κ1) is 9.17. The molecule has 0 aromatic carbocycles. The summed E-state index contributed by atoms with van der Waals surface area (Å²) in [5.41, 5.74) is 4.28. The number of nitriles is 1. The van der Waals surface area contributed by atoms with Crippen molar-refractivity contribution in [2.75, 3.05) is 6.61 Å². The first-order valence-electron chi connectivity index (χ1n) is 2.73. The fourth-order valence-electron chi connectivity index (χ4n) is 0.275. The van der Waals surface area contributed by atoms with E-state index in [1.807, 2.05) is 0 Å². The molecule has 0 aliphatic carbocycles. The van der Waals surface area contributed by atoms with E-state index >= 15 is 0 Å². The third-order valence-corrected chi connectivity index (χ3v) is 0.688. The van der Waals surface area contributed by atoms with Gasteiger partial charge in [-0.2, -0.15) is 5.26 Å². The molecule has 0 unspecified atom stereocenters. The van der Waals surface area contributed by atoms with Crippen molar-refractivity contribution in [2.45, 2.75) is 0 Å². The maximum Gasteiger partial charge on any atom is 0.281 e. The van der Waals surface area contributed by atoms with Crippen LogP contribution in [-0.2, 0) is 9.63 Å². The van der Waals surface area contributed by atoms with Crippen molar-refractivity contribution in [3.05, 3.63) is 12.7 Å². The minimum Gasteiger partial charge on any atom is -0.390 e. The van der Waals surface area contributed by atoms with Gasteiger partial charge in [0, 0.05) is 0 Å². The summed E-state index contributed by atoms with van der Waals surface area (Å²) in [6, 6.07) is 1.48. The zero-order valence-corrected chi connectivity index (χ0v) is 5.78. The summed E-state index contributed by atoms with van der Waals surface area (Å²) in [5, 5.41) is 11.3. The van der Waals surface area contributed by atoms with Crippen molar-refractivity contribution < 1.29 is 9.63 Å². The highest BCUT2D eigenvalue weighted by Gasteiger charge is 2.04. The molecule has 0 spiro atoms. The van der Waals surface area contributed by atoms with Crippen LogP contribution >= 0.6 is 0 Å². The Labute approximate surface area is 63.7 Å². The summed E-state index contributed by atoms with van der Waals surface area (Å²) in [4.78, 5) is 14.7. The van der Waals surface area contributed by atoms with Gasteiger partial charge in [-0.15, -0.1) is 0 Å². The van der Waals surface area contributed by atoms with Gasteiger partial charge in [-0.3, -0.25) is 4.79 Å². The second-order valence-electron chi connectivity index (χ2n) is 1.50. The molecule has 0 radical (unpaired) electrons. The number of carbonyl (C=O) groups is 1. The van der Waals surface area contributed by atoms with Gasteiger partial charge >= 0.3 is 0 Å². The topological polar surface area (TPSA) is 88.5 Å². The first-order valence-corrected chi connectivity index (χ1v) is 2.73. The van der Waals surface area contributed by atoms with E-state index in [2.05, 4.69) is 16.6 Å². The first-order chi connectivity index (χ1) is 5.22. The molecule has 58 valence electrons. The van der Waals surface area contributed by atoms with Crippen LogP contribution in [0.4, 0.5) is 0 Å². The molecule has 0 heterocycles. The maximum atomic E-state index is 10.3. The minimum atomic E-state index is -0.906. The summed E-state index contributed by atoms with van der Waals surface area (Å²) in [7, 11) is 0. The molecule has 1 amide bonds. The van der Waals surface area contributed by atoms with Crippen molar-refractivity contribution in [3.8, 4) is 6.07 Å².